The van der Waals surface area contributed by atoms with Crippen LogP contribution in [-0.4, -0.2) is 51.4 Å². The lowest BCUT2D eigenvalue weighted by Crippen LogP contribution is -2.55. The zero-order chi connectivity index (χ0) is 19.3. The molecule has 0 spiro atoms. The van der Waals surface area contributed by atoms with Crippen LogP contribution in [0.5, 0.6) is 0 Å². The van der Waals surface area contributed by atoms with Gasteiger partial charge in [0, 0.05) is 18.5 Å². The van der Waals surface area contributed by atoms with Gasteiger partial charge in [0.25, 0.3) is 5.56 Å². The molecule has 150 valence electrons. The van der Waals surface area contributed by atoms with E-state index >= 15 is 0 Å². The summed E-state index contributed by atoms with van der Waals surface area (Å²) in [7, 11) is 1.77. The molecule has 5 rings (SSSR count). The van der Waals surface area contributed by atoms with Crippen molar-refractivity contribution in [3.8, 4) is 0 Å². The Kier molecular flexibility index (Phi) is 4.97. The van der Waals surface area contributed by atoms with Crippen LogP contribution >= 0.6 is 23.1 Å². The molecule has 3 heterocycles. The highest BCUT2D eigenvalue weighted by atomic mass is 32.2. The first-order chi connectivity index (χ1) is 13.6. The van der Waals surface area contributed by atoms with E-state index in [9.17, 15) is 9.59 Å². The van der Waals surface area contributed by atoms with Gasteiger partial charge < -0.3 is 9.64 Å². The van der Waals surface area contributed by atoms with Crippen molar-refractivity contribution in [2.75, 3.05) is 18.9 Å². The SMILES string of the molecule is Cn1c(SCC(=O)N2CCOC3CCCCC32)nc2sc3c(c2c1=O)CCC3. The van der Waals surface area contributed by atoms with E-state index in [-0.39, 0.29) is 23.6 Å². The van der Waals surface area contributed by atoms with E-state index in [1.807, 2.05) is 4.90 Å². The molecule has 1 saturated carbocycles. The van der Waals surface area contributed by atoms with Crippen molar-refractivity contribution in [2.24, 2.45) is 7.05 Å². The Hall–Kier alpha value is -1.38. The first-order valence-corrected chi connectivity index (χ1v) is 12.0. The molecule has 8 heteroatoms. The molecule has 3 aliphatic rings. The molecule has 6 nitrogen and oxygen atoms in total. The summed E-state index contributed by atoms with van der Waals surface area (Å²) in [6, 6.07) is 0.218. The number of carbonyl (C=O) groups is 1. The number of carbonyl (C=O) groups excluding carboxylic acids is 1. The average Bonchev–Trinajstić information content (AvgIpc) is 3.29. The summed E-state index contributed by atoms with van der Waals surface area (Å²) in [5, 5.41) is 1.44. The lowest BCUT2D eigenvalue weighted by atomic mass is 9.90. The van der Waals surface area contributed by atoms with Crippen molar-refractivity contribution in [3.63, 3.8) is 0 Å². The number of ether oxygens (including phenoxy) is 1. The Bertz CT molecular complexity index is 981. The van der Waals surface area contributed by atoms with Gasteiger partial charge in [-0.25, -0.2) is 4.98 Å². The number of hydrogen-bond donors (Lipinski definition) is 0. The fourth-order valence-corrected chi connectivity index (χ4v) is 7.01. The number of hydrogen-bond acceptors (Lipinski definition) is 6. The molecule has 2 aliphatic carbocycles. The number of morpholine rings is 1. The fraction of sp³-hybridized carbons (Fsp3) is 0.650. The van der Waals surface area contributed by atoms with Crippen LogP contribution in [0.1, 0.15) is 42.5 Å². The maximum absolute atomic E-state index is 12.9. The van der Waals surface area contributed by atoms with E-state index < -0.39 is 0 Å². The molecule has 2 atom stereocenters. The summed E-state index contributed by atoms with van der Waals surface area (Å²) >= 11 is 3.04. The number of thioether (sulfide) groups is 1. The quantitative estimate of drug-likeness (QED) is 0.565. The summed E-state index contributed by atoms with van der Waals surface area (Å²) in [4.78, 5) is 34.8. The van der Waals surface area contributed by atoms with E-state index in [0.717, 1.165) is 48.7 Å². The summed E-state index contributed by atoms with van der Waals surface area (Å²) in [6.07, 6.45) is 7.81. The molecule has 2 fully saturated rings. The smallest absolute Gasteiger partial charge is 0.262 e. The highest BCUT2D eigenvalue weighted by molar-refractivity contribution is 7.99. The van der Waals surface area contributed by atoms with Gasteiger partial charge in [-0.15, -0.1) is 11.3 Å². The van der Waals surface area contributed by atoms with Crippen molar-refractivity contribution in [2.45, 2.75) is 62.2 Å². The Balaban J connectivity index is 1.35. The third kappa shape index (κ3) is 3.09. The zero-order valence-electron chi connectivity index (χ0n) is 16.1. The van der Waals surface area contributed by atoms with E-state index in [0.29, 0.717) is 24.1 Å². The monoisotopic (exact) mass is 419 g/mol. The van der Waals surface area contributed by atoms with Gasteiger partial charge in [-0.05, 0) is 37.7 Å². The summed E-state index contributed by atoms with van der Waals surface area (Å²) in [5.74, 6) is 0.452. The molecule has 2 unspecified atom stereocenters. The summed E-state index contributed by atoms with van der Waals surface area (Å²) in [5.41, 5.74) is 1.23. The predicted molar refractivity (Wildman–Crippen MR) is 111 cm³/mol. The van der Waals surface area contributed by atoms with Crippen LogP contribution in [0.25, 0.3) is 10.2 Å². The molecule has 0 radical (unpaired) electrons. The molecule has 1 amide bonds. The number of nitrogens with zero attached hydrogens (tertiary/aromatic N) is 3. The van der Waals surface area contributed by atoms with Gasteiger partial charge in [0.05, 0.1) is 29.9 Å². The van der Waals surface area contributed by atoms with Gasteiger partial charge >= 0.3 is 0 Å². The molecule has 28 heavy (non-hydrogen) atoms. The second kappa shape index (κ2) is 7.46. The lowest BCUT2D eigenvalue weighted by Gasteiger charge is -2.43. The normalized spacial score (nSPS) is 24.4. The third-order valence-corrected chi connectivity index (χ3v) is 8.48. The first kappa shape index (κ1) is 18.6. The largest absolute Gasteiger partial charge is 0.374 e. The van der Waals surface area contributed by atoms with Crippen LogP contribution in [0, 0.1) is 0 Å². The van der Waals surface area contributed by atoms with Gasteiger partial charge in [-0.2, -0.15) is 0 Å². The van der Waals surface area contributed by atoms with E-state index in [1.165, 1.54) is 28.6 Å². The van der Waals surface area contributed by atoms with E-state index in [1.54, 1.807) is 23.0 Å². The van der Waals surface area contributed by atoms with Crippen molar-refractivity contribution in [1.82, 2.24) is 14.5 Å². The highest BCUT2D eigenvalue weighted by Gasteiger charge is 2.36. The number of amides is 1. The number of rotatable bonds is 3. The van der Waals surface area contributed by atoms with Gasteiger partial charge in [0.1, 0.15) is 4.83 Å². The van der Waals surface area contributed by atoms with Crippen LogP contribution < -0.4 is 5.56 Å². The second-order valence-electron chi connectivity index (χ2n) is 7.93. The molecule has 1 saturated heterocycles. The highest BCUT2D eigenvalue weighted by Crippen LogP contribution is 2.35. The second-order valence-corrected chi connectivity index (χ2v) is 9.96. The maximum Gasteiger partial charge on any atom is 0.262 e. The Labute approximate surface area is 172 Å². The fourth-order valence-electron chi connectivity index (χ4n) is 4.85. The van der Waals surface area contributed by atoms with Crippen LogP contribution in [0.3, 0.4) is 0 Å². The maximum atomic E-state index is 12.9. The Morgan fingerprint density at radius 2 is 2.14 bits per heavy atom. The summed E-state index contributed by atoms with van der Waals surface area (Å²) < 4.78 is 7.50. The number of aryl methyl sites for hydroxylation is 2. The Morgan fingerprint density at radius 3 is 3.04 bits per heavy atom. The minimum Gasteiger partial charge on any atom is -0.374 e. The third-order valence-electron chi connectivity index (χ3n) is 6.28. The van der Waals surface area contributed by atoms with Crippen LogP contribution in [-0.2, 0) is 29.4 Å². The van der Waals surface area contributed by atoms with Crippen molar-refractivity contribution in [3.05, 3.63) is 20.8 Å². The molecule has 1 aliphatic heterocycles. The van der Waals surface area contributed by atoms with Gasteiger partial charge in [0.15, 0.2) is 5.16 Å². The van der Waals surface area contributed by atoms with Crippen LogP contribution in [0.2, 0.25) is 0 Å². The zero-order valence-corrected chi connectivity index (χ0v) is 17.7. The number of aromatic nitrogens is 2. The molecule has 0 bridgehead atoms. The van der Waals surface area contributed by atoms with Gasteiger partial charge in [-0.3, -0.25) is 14.2 Å². The first-order valence-electron chi connectivity index (χ1n) is 10.2. The van der Waals surface area contributed by atoms with E-state index in [4.69, 9.17) is 9.72 Å². The molecule has 2 aromatic rings. The van der Waals surface area contributed by atoms with Crippen molar-refractivity contribution < 1.29 is 9.53 Å². The average molecular weight is 420 g/mol. The standard InChI is InChI=1S/C20H25N3O3S2/c1-22-19(25)17-12-5-4-8-15(12)28-18(17)21-20(22)27-11-16(24)23-9-10-26-14-7-3-2-6-13(14)23/h13-14H,2-11H2,1H3. The van der Waals surface area contributed by atoms with Gasteiger partial charge in [-0.1, -0.05) is 24.6 Å². The lowest BCUT2D eigenvalue weighted by molar-refractivity contribution is -0.146. The van der Waals surface area contributed by atoms with Crippen molar-refractivity contribution >= 4 is 39.2 Å². The minimum absolute atomic E-state index is 0.0260. The van der Waals surface area contributed by atoms with Crippen LogP contribution in [0.15, 0.2) is 9.95 Å². The summed E-state index contributed by atoms with van der Waals surface area (Å²) in [6.45, 7) is 1.30. The molecule has 0 aromatic carbocycles. The number of fused-ring (bicyclic) bond motifs is 4. The Morgan fingerprint density at radius 1 is 1.29 bits per heavy atom. The molecular weight excluding hydrogens is 394 g/mol. The van der Waals surface area contributed by atoms with Crippen LogP contribution in [0.4, 0.5) is 0 Å². The predicted octanol–water partition coefficient (Wildman–Crippen LogP) is 2.75. The molecular formula is C20H25N3O3S2. The molecule has 0 N–H and O–H groups in total. The number of thiophene rings is 1. The van der Waals surface area contributed by atoms with Gasteiger partial charge in [0.2, 0.25) is 5.91 Å². The van der Waals surface area contributed by atoms with E-state index in [2.05, 4.69) is 0 Å². The molecule has 2 aromatic heterocycles. The minimum atomic E-state index is 0.0260. The van der Waals surface area contributed by atoms with Crippen molar-refractivity contribution in [1.29, 1.82) is 0 Å². The topological polar surface area (TPSA) is 64.4 Å².